The Morgan fingerprint density at radius 3 is 2.58 bits per heavy atom. The molecule has 0 spiro atoms. The summed E-state index contributed by atoms with van der Waals surface area (Å²) in [5, 5.41) is 3.07. The first-order valence-corrected chi connectivity index (χ1v) is 7.05. The minimum absolute atomic E-state index is 0.0225. The first-order valence-electron chi connectivity index (χ1n) is 6.67. The number of hydrogen-bond acceptors (Lipinski definition) is 2. The molecule has 2 atom stereocenters. The van der Waals surface area contributed by atoms with E-state index >= 15 is 0 Å². The highest BCUT2D eigenvalue weighted by molar-refractivity contribution is 6.30. The van der Waals surface area contributed by atoms with E-state index in [1.54, 1.807) is 0 Å². The van der Waals surface area contributed by atoms with E-state index in [2.05, 4.69) is 5.32 Å². The van der Waals surface area contributed by atoms with Gasteiger partial charge >= 0.3 is 0 Å². The second kappa shape index (κ2) is 5.25. The molecule has 1 aromatic carbocycles. The monoisotopic (exact) mass is 287 g/mol. The predicted molar refractivity (Wildman–Crippen MR) is 69.5 cm³/mol. The van der Waals surface area contributed by atoms with E-state index < -0.39 is 11.6 Å². The molecule has 0 radical (unpaired) electrons. The third-order valence-electron chi connectivity index (χ3n) is 3.91. The Hall–Kier alpha value is -0.870. The predicted octanol–water partition coefficient (Wildman–Crippen LogP) is 3.39. The summed E-state index contributed by atoms with van der Waals surface area (Å²) in [4.78, 5) is 0. The number of halogens is 3. The molecule has 1 N–H and O–H groups in total. The zero-order valence-corrected chi connectivity index (χ0v) is 11.2. The lowest BCUT2D eigenvalue weighted by Crippen LogP contribution is -2.31. The van der Waals surface area contributed by atoms with Crippen molar-refractivity contribution < 1.29 is 13.5 Å². The Bertz CT molecular complexity index is 473. The summed E-state index contributed by atoms with van der Waals surface area (Å²) < 4.78 is 33.0. The molecular weight excluding hydrogens is 272 g/mol. The average Bonchev–Trinajstić information content (AvgIpc) is 3.10. The molecule has 3 rings (SSSR count). The van der Waals surface area contributed by atoms with Crippen LogP contribution in [0.15, 0.2) is 12.1 Å². The van der Waals surface area contributed by atoms with Crippen LogP contribution >= 0.6 is 11.6 Å². The fourth-order valence-corrected chi connectivity index (χ4v) is 2.85. The normalized spacial score (nSPS) is 24.5. The van der Waals surface area contributed by atoms with Gasteiger partial charge in [0, 0.05) is 12.5 Å². The molecule has 104 valence electrons. The first kappa shape index (κ1) is 13.1. The number of hydrogen-bond donors (Lipinski definition) is 1. The maximum Gasteiger partial charge on any atom is 0.202 e. The summed E-state index contributed by atoms with van der Waals surface area (Å²) in [5.74, 6) is -1.18. The van der Waals surface area contributed by atoms with E-state index in [1.807, 2.05) is 0 Å². The summed E-state index contributed by atoms with van der Waals surface area (Å²) >= 11 is 5.54. The second-order valence-electron chi connectivity index (χ2n) is 5.35. The minimum atomic E-state index is -1.03. The highest BCUT2D eigenvalue weighted by Crippen LogP contribution is 2.40. The van der Waals surface area contributed by atoms with Crippen LogP contribution in [-0.4, -0.2) is 19.2 Å². The summed E-state index contributed by atoms with van der Waals surface area (Å²) in [6, 6.07) is 2.75. The van der Waals surface area contributed by atoms with Gasteiger partial charge in [0.2, 0.25) is 5.82 Å². The van der Waals surface area contributed by atoms with Crippen molar-refractivity contribution in [3.8, 4) is 5.75 Å². The van der Waals surface area contributed by atoms with E-state index in [0.717, 1.165) is 32.4 Å². The molecule has 5 heteroatoms. The van der Waals surface area contributed by atoms with Crippen molar-refractivity contribution in [1.29, 1.82) is 0 Å². The molecule has 0 aromatic heterocycles. The average molecular weight is 288 g/mol. The van der Waals surface area contributed by atoms with Crippen LogP contribution in [0.5, 0.6) is 5.75 Å². The van der Waals surface area contributed by atoms with Crippen molar-refractivity contribution >= 4 is 11.6 Å². The molecular formula is C14H16ClF2NO. The van der Waals surface area contributed by atoms with Gasteiger partial charge in [-0.2, -0.15) is 4.39 Å². The number of ether oxygens (including phenoxy) is 1. The van der Waals surface area contributed by atoms with Crippen molar-refractivity contribution in [1.82, 2.24) is 5.32 Å². The Morgan fingerprint density at radius 2 is 1.95 bits per heavy atom. The first-order chi connectivity index (χ1) is 9.16. The van der Waals surface area contributed by atoms with Gasteiger partial charge in [0.25, 0.3) is 0 Å². The number of nitrogens with one attached hydrogen (secondary N) is 1. The molecule has 2 fully saturated rings. The molecule has 2 nitrogen and oxygen atoms in total. The largest absolute Gasteiger partial charge is 0.487 e. The van der Waals surface area contributed by atoms with Gasteiger partial charge in [0.1, 0.15) is 6.10 Å². The van der Waals surface area contributed by atoms with Gasteiger partial charge in [-0.1, -0.05) is 11.6 Å². The number of benzene rings is 1. The van der Waals surface area contributed by atoms with Crippen molar-refractivity contribution in [2.45, 2.75) is 25.4 Å². The van der Waals surface area contributed by atoms with Crippen LogP contribution in [0.25, 0.3) is 0 Å². The van der Waals surface area contributed by atoms with Crippen LogP contribution in [0.4, 0.5) is 8.78 Å². The maximum absolute atomic E-state index is 13.8. The van der Waals surface area contributed by atoms with Crippen LogP contribution in [-0.2, 0) is 0 Å². The molecule has 1 aliphatic carbocycles. The van der Waals surface area contributed by atoms with Crippen LogP contribution in [0.2, 0.25) is 5.02 Å². The van der Waals surface area contributed by atoms with E-state index in [4.69, 9.17) is 16.3 Å². The van der Waals surface area contributed by atoms with E-state index in [1.165, 1.54) is 12.1 Å². The lowest BCUT2D eigenvalue weighted by molar-refractivity contribution is 0.114. The van der Waals surface area contributed by atoms with Gasteiger partial charge in [0.05, 0.1) is 5.02 Å². The van der Waals surface area contributed by atoms with Crippen molar-refractivity contribution in [2.24, 2.45) is 11.8 Å². The summed E-state index contributed by atoms with van der Waals surface area (Å²) in [5.41, 5.74) is 0. The fourth-order valence-electron chi connectivity index (χ4n) is 2.71. The summed E-state index contributed by atoms with van der Waals surface area (Å²) in [7, 11) is 0. The quantitative estimate of drug-likeness (QED) is 0.857. The molecule has 1 heterocycles. The highest BCUT2D eigenvalue weighted by Gasteiger charge is 2.40. The van der Waals surface area contributed by atoms with Crippen LogP contribution in [0.1, 0.15) is 19.3 Å². The van der Waals surface area contributed by atoms with Gasteiger partial charge in [0.15, 0.2) is 11.6 Å². The Balaban J connectivity index is 1.80. The Labute approximate surface area is 116 Å². The van der Waals surface area contributed by atoms with Gasteiger partial charge < -0.3 is 10.1 Å². The third kappa shape index (κ3) is 2.70. The second-order valence-corrected chi connectivity index (χ2v) is 5.75. The maximum atomic E-state index is 13.8. The number of rotatable bonds is 4. The van der Waals surface area contributed by atoms with Crippen molar-refractivity contribution in [2.75, 3.05) is 13.1 Å². The summed E-state index contributed by atoms with van der Waals surface area (Å²) in [6.45, 7) is 1.85. The van der Waals surface area contributed by atoms with Gasteiger partial charge in [-0.3, -0.25) is 0 Å². The van der Waals surface area contributed by atoms with E-state index in [9.17, 15) is 8.78 Å². The zero-order chi connectivity index (χ0) is 13.4. The molecule has 0 bridgehead atoms. The third-order valence-corrected chi connectivity index (χ3v) is 4.20. The van der Waals surface area contributed by atoms with Gasteiger partial charge in [-0.05, 0) is 43.9 Å². The van der Waals surface area contributed by atoms with E-state index in [0.29, 0.717) is 11.8 Å². The molecule has 2 aliphatic rings. The van der Waals surface area contributed by atoms with Crippen molar-refractivity contribution in [3.05, 3.63) is 28.8 Å². The topological polar surface area (TPSA) is 21.3 Å². The van der Waals surface area contributed by atoms with E-state index in [-0.39, 0.29) is 16.9 Å². The molecule has 19 heavy (non-hydrogen) atoms. The van der Waals surface area contributed by atoms with Gasteiger partial charge in [-0.25, -0.2) is 4.39 Å². The minimum Gasteiger partial charge on any atom is -0.487 e. The molecule has 0 amide bonds. The van der Waals surface area contributed by atoms with Gasteiger partial charge in [-0.15, -0.1) is 0 Å². The Kier molecular flexibility index (Phi) is 3.63. The molecule has 1 aromatic rings. The highest BCUT2D eigenvalue weighted by atomic mass is 35.5. The molecule has 0 unspecified atom stereocenters. The molecule has 1 saturated carbocycles. The van der Waals surface area contributed by atoms with Crippen LogP contribution in [0, 0.1) is 23.5 Å². The van der Waals surface area contributed by atoms with Crippen LogP contribution in [0.3, 0.4) is 0 Å². The fraction of sp³-hybridized carbons (Fsp3) is 0.571. The Morgan fingerprint density at radius 1 is 1.16 bits per heavy atom. The van der Waals surface area contributed by atoms with Crippen LogP contribution < -0.4 is 10.1 Å². The lowest BCUT2D eigenvalue weighted by Gasteiger charge is -2.24. The smallest absolute Gasteiger partial charge is 0.202 e. The molecule has 1 saturated heterocycles. The SMILES string of the molecule is Fc1c(Cl)ccc(O[C@H](C2CC2)[C@H]2CCNC2)c1F. The van der Waals surface area contributed by atoms with Crippen molar-refractivity contribution in [3.63, 3.8) is 0 Å². The standard InChI is InChI=1S/C14H16ClF2NO/c15-10-3-4-11(13(17)12(10)16)19-14(8-1-2-8)9-5-6-18-7-9/h3-4,8-9,14,18H,1-2,5-7H2/t9-,14+/m0/s1. The molecule has 1 aliphatic heterocycles. The summed E-state index contributed by atoms with van der Waals surface area (Å²) in [6.07, 6.45) is 3.22. The lowest BCUT2D eigenvalue weighted by atomic mass is 9.97. The zero-order valence-electron chi connectivity index (χ0n) is 10.5.